The molecule has 39 heavy (non-hydrogen) atoms. The topological polar surface area (TPSA) is 104 Å². The van der Waals surface area contributed by atoms with E-state index in [2.05, 4.69) is 46.2 Å². The number of carbonyl (C=O) groups is 1. The second kappa shape index (κ2) is 12.1. The van der Waals surface area contributed by atoms with Crippen molar-refractivity contribution in [2.24, 2.45) is 11.8 Å². The lowest BCUT2D eigenvalue weighted by molar-refractivity contribution is 0.0950. The molecule has 8 nitrogen and oxygen atoms in total. The first kappa shape index (κ1) is 27.0. The van der Waals surface area contributed by atoms with Gasteiger partial charge in [-0.3, -0.25) is 14.8 Å². The Morgan fingerprint density at radius 2 is 1.85 bits per heavy atom. The zero-order chi connectivity index (χ0) is 27.4. The number of hydrogen-bond donors (Lipinski definition) is 2. The normalized spacial score (nSPS) is 17.4. The first-order chi connectivity index (χ1) is 18.9. The maximum atomic E-state index is 12.8. The number of nitrogens with one attached hydrogen (secondary N) is 1. The van der Waals surface area contributed by atoms with Crippen LogP contribution in [0.2, 0.25) is 0 Å². The predicted molar refractivity (Wildman–Crippen MR) is 156 cm³/mol. The van der Waals surface area contributed by atoms with Gasteiger partial charge in [-0.2, -0.15) is 0 Å². The third-order valence-corrected chi connectivity index (χ3v) is 8.01. The molecule has 0 aromatic carbocycles. The van der Waals surface area contributed by atoms with E-state index in [4.69, 9.17) is 15.1 Å². The first-order valence-electron chi connectivity index (χ1n) is 13.4. The van der Waals surface area contributed by atoms with Gasteiger partial charge in [-0.15, -0.1) is 11.8 Å². The van der Waals surface area contributed by atoms with Crippen molar-refractivity contribution >= 4 is 34.4 Å². The summed E-state index contributed by atoms with van der Waals surface area (Å²) in [4.78, 5) is 34.8. The van der Waals surface area contributed by atoms with Crippen LogP contribution in [0.15, 0.2) is 59.8 Å². The van der Waals surface area contributed by atoms with E-state index in [-0.39, 0.29) is 19.1 Å². The summed E-state index contributed by atoms with van der Waals surface area (Å²) in [5.74, 6) is 2.63. The van der Waals surface area contributed by atoms with Crippen molar-refractivity contribution in [3.8, 4) is 11.4 Å². The summed E-state index contributed by atoms with van der Waals surface area (Å²) in [5, 5.41) is 13.0. The lowest BCUT2D eigenvalue weighted by Gasteiger charge is -2.35. The van der Waals surface area contributed by atoms with Crippen LogP contribution in [0.3, 0.4) is 0 Å². The van der Waals surface area contributed by atoms with Crippen molar-refractivity contribution in [2.45, 2.75) is 38.6 Å². The highest BCUT2D eigenvalue weighted by atomic mass is 32.2. The predicted octanol–water partition coefficient (Wildman–Crippen LogP) is 4.89. The fourth-order valence-electron chi connectivity index (χ4n) is 5.10. The van der Waals surface area contributed by atoms with Crippen LogP contribution in [0, 0.1) is 18.8 Å². The number of fused-ring (bicyclic) bond motifs is 1. The van der Waals surface area contributed by atoms with Gasteiger partial charge in [-0.25, -0.2) is 9.97 Å². The molecule has 1 fully saturated rings. The Hall–Kier alpha value is -3.56. The highest BCUT2D eigenvalue weighted by Crippen LogP contribution is 2.27. The SMILES string of the molecule is Cc1ncc(C(=O)NCc2cc3nc(-c4cccc(N5CC(C)CC(C)C5)n4)ccc3cn2)cc1SCCO. The van der Waals surface area contributed by atoms with Crippen LogP contribution >= 0.6 is 11.8 Å². The van der Waals surface area contributed by atoms with Gasteiger partial charge in [0.2, 0.25) is 0 Å². The fourth-order valence-corrected chi connectivity index (χ4v) is 5.88. The van der Waals surface area contributed by atoms with Crippen molar-refractivity contribution in [2.75, 3.05) is 30.3 Å². The van der Waals surface area contributed by atoms with E-state index in [9.17, 15) is 4.79 Å². The third-order valence-electron chi connectivity index (χ3n) is 6.90. The molecule has 2 N–H and O–H groups in total. The minimum absolute atomic E-state index is 0.0718. The van der Waals surface area contributed by atoms with Crippen LogP contribution in [0.5, 0.6) is 0 Å². The Kier molecular flexibility index (Phi) is 8.38. The number of thioether (sulfide) groups is 1. The molecule has 1 amide bonds. The largest absolute Gasteiger partial charge is 0.396 e. The second-order valence-corrected chi connectivity index (χ2v) is 11.5. The molecule has 0 saturated carbocycles. The molecule has 0 radical (unpaired) electrons. The van der Waals surface area contributed by atoms with E-state index in [0.717, 1.165) is 51.8 Å². The molecular formula is C30H34N6O2S. The summed E-state index contributed by atoms with van der Waals surface area (Å²) >= 11 is 1.48. The van der Waals surface area contributed by atoms with E-state index in [1.54, 1.807) is 12.4 Å². The number of aliphatic hydroxyl groups excluding tert-OH is 1. The summed E-state index contributed by atoms with van der Waals surface area (Å²) in [5.41, 5.74) is 4.48. The summed E-state index contributed by atoms with van der Waals surface area (Å²) in [6.07, 6.45) is 4.61. The maximum absolute atomic E-state index is 12.8. The Labute approximate surface area is 233 Å². The van der Waals surface area contributed by atoms with Gasteiger partial charge in [0.1, 0.15) is 5.82 Å². The van der Waals surface area contributed by atoms with Crippen LogP contribution < -0.4 is 10.2 Å². The number of carbonyl (C=O) groups excluding carboxylic acids is 1. The molecule has 0 aliphatic carbocycles. The molecule has 5 heterocycles. The van der Waals surface area contributed by atoms with Crippen LogP contribution in [0.1, 0.15) is 42.0 Å². The van der Waals surface area contributed by atoms with Gasteiger partial charge in [0, 0.05) is 41.5 Å². The molecule has 202 valence electrons. The average molecular weight is 543 g/mol. The average Bonchev–Trinajstić information content (AvgIpc) is 2.94. The minimum Gasteiger partial charge on any atom is -0.396 e. The van der Waals surface area contributed by atoms with E-state index >= 15 is 0 Å². The van der Waals surface area contributed by atoms with Gasteiger partial charge in [0.15, 0.2) is 0 Å². The summed E-state index contributed by atoms with van der Waals surface area (Å²) < 4.78 is 0. The lowest BCUT2D eigenvalue weighted by atomic mass is 9.92. The van der Waals surface area contributed by atoms with Crippen molar-refractivity contribution in [1.82, 2.24) is 25.3 Å². The Morgan fingerprint density at radius 3 is 2.64 bits per heavy atom. The van der Waals surface area contributed by atoms with Crippen LogP contribution in [0.4, 0.5) is 5.82 Å². The number of aliphatic hydroxyl groups is 1. The standard InChI is InChI=1S/C30H34N6O2S/c1-19-11-20(2)18-36(17-19)29-6-4-5-25(35-29)26-8-7-22-14-32-24(13-27(22)34-26)16-33-30(38)23-12-28(39-10-9-37)21(3)31-15-23/h4-8,12-15,19-20,37H,9-11,16-18H2,1-3H3,(H,33,38). The third kappa shape index (κ3) is 6.54. The molecule has 4 aromatic rings. The van der Waals surface area contributed by atoms with E-state index < -0.39 is 0 Å². The van der Waals surface area contributed by atoms with Crippen LogP contribution in [-0.2, 0) is 6.54 Å². The molecule has 2 unspecified atom stereocenters. The number of aryl methyl sites for hydroxylation is 1. The second-order valence-electron chi connectivity index (χ2n) is 10.4. The zero-order valence-corrected chi connectivity index (χ0v) is 23.4. The number of rotatable bonds is 8. The van der Waals surface area contributed by atoms with Gasteiger partial charge < -0.3 is 15.3 Å². The Bertz CT molecular complexity index is 1470. The van der Waals surface area contributed by atoms with Crippen molar-refractivity contribution in [3.05, 3.63) is 71.8 Å². The molecule has 0 spiro atoms. The summed E-state index contributed by atoms with van der Waals surface area (Å²) in [7, 11) is 0. The number of anilines is 1. The highest BCUT2D eigenvalue weighted by molar-refractivity contribution is 7.99. The molecular weight excluding hydrogens is 508 g/mol. The molecule has 0 bridgehead atoms. The fraction of sp³-hybridized carbons (Fsp3) is 0.367. The van der Waals surface area contributed by atoms with E-state index in [1.165, 1.54) is 18.2 Å². The molecule has 9 heteroatoms. The molecule has 1 aliphatic heterocycles. The summed E-state index contributed by atoms with van der Waals surface area (Å²) in [6.45, 7) is 8.89. The van der Waals surface area contributed by atoms with Crippen molar-refractivity contribution < 1.29 is 9.90 Å². The quantitative estimate of drug-likeness (QED) is 0.303. The smallest absolute Gasteiger partial charge is 0.253 e. The maximum Gasteiger partial charge on any atom is 0.253 e. The van der Waals surface area contributed by atoms with Gasteiger partial charge >= 0.3 is 0 Å². The number of piperidine rings is 1. The Balaban J connectivity index is 1.31. The van der Waals surface area contributed by atoms with Crippen LogP contribution in [0.25, 0.3) is 22.3 Å². The molecule has 1 aliphatic rings. The number of pyridine rings is 4. The molecule has 2 atom stereocenters. The zero-order valence-electron chi connectivity index (χ0n) is 22.6. The Morgan fingerprint density at radius 1 is 1.05 bits per heavy atom. The van der Waals surface area contributed by atoms with Gasteiger partial charge in [-0.05, 0) is 61.6 Å². The molecule has 1 saturated heterocycles. The number of nitrogens with zero attached hydrogens (tertiary/aromatic N) is 5. The van der Waals surface area contributed by atoms with Gasteiger partial charge in [0.25, 0.3) is 5.91 Å². The van der Waals surface area contributed by atoms with E-state index in [0.29, 0.717) is 28.8 Å². The van der Waals surface area contributed by atoms with E-state index in [1.807, 2.05) is 37.3 Å². The number of hydrogen-bond acceptors (Lipinski definition) is 8. The molecule has 4 aromatic heterocycles. The highest BCUT2D eigenvalue weighted by Gasteiger charge is 2.23. The number of amides is 1. The van der Waals surface area contributed by atoms with Crippen LogP contribution in [-0.4, -0.2) is 56.4 Å². The van der Waals surface area contributed by atoms with Crippen molar-refractivity contribution in [1.29, 1.82) is 0 Å². The van der Waals surface area contributed by atoms with Gasteiger partial charge in [0.05, 0.1) is 47.0 Å². The lowest BCUT2D eigenvalue weighted by Crippen LogP contribution is -2.39. The first-order valence-corrected chi connectivity index (χ1v) is 14.3. The monoisotopic (exact) mass is 542 g/mol. The summed E-state index contributed by atoms with van der Waals surface area (Å²) in [6, 6.07) is 13.8. The van der Waals surface area contributed by atoms with Crippen molar-refractivity contribution in [3.63, 3.8) is 0 Å². The molecule has 5 rings (SSSR count). The number of aromatic nitrogens is 4. The minimum atomic E-state index is -0.223. The van der Waals surface area contributed by atoms with Gasteiger partial charge in [-0.1, -0.05) is 19.9 Å².